The number of rotatable bonds is 4. The fourth-order valence-electron chi connectivity index (χ4n) is 1.88. The van der Waals surface area contributed by atoms with E-state index in [9.17, 15) is 14.9 Å². The first-order chi connectivity index (χ1) is 9.97. The molecular formula is C16H15NO4. The van der Waals surface area contributed by atoms with Gasteiger partial charge in [0.15, 0.2) is 0 Å². The van der Waals surface area contributed by atoms with Crippen molar-refractivity contribution in [3.05, 3.63) is 75.3 Å². The van der Waals surface area contributed by atoms with E-state index in [-0.39, 0.29) is 5.69 Å². The molecule has 0 fully saturated rings. The Hall–Kier alpha value is -2.69. The predicted octanol–water partition coefficient (Wildman–Crippen LogP) is 3.82. The third-order valence-electron chi connectivity index (χ3n) is 3.12. The van der Waals surface area contributed by atoms with Gasteiger partial charge in [-0.15, -0.1) is 0 Å². The van der Waals surface area contributed by atoms with Crippen molar-refractivity contribution >= 4 is 11.7 Å². The summed E-state index contributed by atoms with van der Waals surface area (Å²) in [6.45, 7) is 3.62. The van der Waals surface area contributed by atoms with Crippen molar-refractivity contribution in [2.75, 3.05) is 0 Å². The van der Waals surface area contributed by atoms with Gasteiger partial charge in [-0.25, -0.2) is 4.79 Å². The second kappa shape index (κ2) is 6.17. The van der Waals surface area contributed by atoms with Crippen molar-refractivity contribution in [2.24, 2.45) is 0 Å². The highest BCUT2D eigenvalue weighted by molar-refractivity contribution is 5.89. The van der Waals surface area contributed by atoms with Gasteiger partial charge in [-0.05, 0) is 31.5 Å². The van der Waals surface area contributed by atoms with Gasteiger partial charge in [0.1, 0.15) is 6.10 Å². The lowest BCUT2D eigenvalue weighted by molar-refractivity contribution is -0.385. The Kier molecular flexibility index (Phi) is 4.33. The quantitative estimate of drug-likeness (QED) is 0.486. The second-order valence-electron chi connectivity index (χ2n) is 4.77. The first kappa shape index (κ1) is 14.7. The summed E-state index contributed by atoms with van der Waals surface area (Å²) >= 11 is 0. The lowest BCUT2D eigenvalue weighted by Gasteiger charge is -2.13. The highest BCUT2D eigenvalue weighted by Gasteiger charge is 2.16. The van der Waals surface area contributed by atoms with Crippen LogP contribution in [0.3, 0.4) is 0 Å². The molecule has 5 heteroatoms. The molecule has 5 nitrogen and oxygen atoms in total. The Morgan fingerprint density at radius 3 is 2.48 bits per heavy atom. The average Bonchev–Trinajstić information content (AvgIpc) is 2.48. The summed E-state index contributed by atoms with van der Waals surface area (Å²) in [6, 6.07) is 13.1. The maximum absolute atomic E-state index is 12.0. The van der Waals surface area contributed by atoms with Crippen LogP contribution >= 0.6 is 0 Å². The summed E-state index contributed by atoms with van der Waals surface area (Å²) in [7, 11) is 0. The number of ether oxygens (including phenoxy) is 1. The Morgan fingerprint density at radius 1 is 1.19 bits per heavy atom. The van der Waals surface area contributed by atoms with E-state index in [1.165, 1.54) is 12.1 Å². The van der Waals surface area contributed by atoms with Crippen molar-refractivity contribution in [3.8, 4) is 0 Å². The van der Waals surface area contributed by atoms with Gasteiger partial charge in [0.25, 0.3) is 5.69 Å². The molecule has 0 spiro atoms. The van der Waals surface area contributed by atoms with Crippen LogP contribution in [0.15, 0.2) is 48.5 Å². The van der Waals surface area contributed by atoms with E-state index in [0.717, 1.165) is 5.56 Å². The first-order valence-corrected chi connectivity index (χ1v) is 6.49. The molecule has 0 bridgehead atoms. The minimum absolute atomic E-state index is 0.0225. The molecule has 0 radical (unpaired) electrons. The lowest BCUT2D eigenvalue weighted by Crippen LogP contribution is -2.09. The number of hydrogen-bond acceptors (Lipinski definition) is 4. The van der Waals surface area contributed by atoms with Crippen LogP contribution in [-0.4, -0.2) is 10.9 Å². The van der Waals surface area contributed by atoms with Crippen LogP contribution in [0.1, 0.15) is 34.5 Å². The van der Waals surface area contributed by atoms with Crippen LogP contribution in [0, 0.1) is 17.0 Å². The molecule has 0 saturated heterocycles. The van der Waals surface area contributed by atoms with Crippen LogP contribution in [0.25, 0.3) is 0 Å². The van der Waals surface area contributed by atoms with Gasteiger partial charge in [-0.1, -0.05) is 29.8 Å². The van der Waals surface area contributed by atoms with Crippen LogP contribution in [0.5, 0.6) is 0 Å². The SMILES string of the molecule is Cc1ccc(C(=O)OC(C)c2cccc([N+](=O)[O-])c2)cc1. The highest BCUT2D eigenvalue weighted by Crippen LogP contribution is 2.22. The number of esters is 1. The second-order valence-corrected chi connectivity index (χ2v) is 4.77. The van der Waals surface area contributed by atoms with Crippen LogP contribution in [0.4, 0.5) is 5.69 Å². The molecule has 1 atom stereocenters. The van der Waals surface area contributed by atoms with Gasteiger partial charge in [0.05, 0.1) is 10.5 Å². The number of nitro benzene ring substituents is 1. The molecule has 2 aromatic rings. The number of benzene rings is 2. The molecule has 0 saturated carbocycles. The highest BCUT2D eigenvalue weighted by atomic mass is 16.6. The molecule has 0 heterocycles. The summed E-state index contributed by atoms with van der Waals surface area (Å²) in [6.07, 6.45) is -0.557. The van der Waals surface area contributed by atoms with E-state index in [4.69, 9.17) is 4.74 Å². The maximum Gasteiger partial charge on any atom is 0.338 e. The van der Waals surface area contributed by atoms with Crippen LogP contribution in [-0.2, 0) is 4.74 Å². The van der Waals surface area contributed by atoms with E-state index in [1.54, 1.807) is 31.2 Å². The zero-order chi connectivity index (χ0) is 15.4. The molecule has 108 valence electrons. The van der Waals surface area contributed by atoms with E-state index >= 15 is 0 Å². The molecule has 0 aliphatic carbocycles. The monoisotopic (exact) mass is 285 g/mol. The van der Waals surface area contributed by atoms with Crippen molar-refractivity contribution < 1.29 is 14.5 Å². The summed E-state index contributed by atoms with van der Waals surface area (Å²) in [4.78, 5) is 22.3. The Morgan fingerprint density at radius 2 is 1.86 bits per heavy atom. The van der Waals surface area contributed by atoms with Crippen molar-refractivity contribution in [1.82, 2.24) is 0 Å². The van der Waals surface area contributed by atoms with Gasteiger partial charge < -0.3 is 4.74 Å². The van der Waals surface area contributed by atoms with E-state index in [0.29, 0.717) is 11.1 Å². The van der Waals surface area contributed by atoms with Crippen molar-refractivity contribution in [3.63, 3.8) is 0 Å². The summed E-state index contributed by atoms with van der Waals surface area (Å²) in [5.41, 5.74) is 2.08. The molecule has 1 unspecified atom stereocenters. The van der Waals surface area contributed by atoms with Gasteiger partial charge in [-0.2, -0.15) is 0 Å². The number of nitro groups is 1. The molecule has 0 aliphatic heterocycles. The molecule has 0 aromatic heterocycles. The Bertz CT molecular complexity index is 664. The summed E-state index contributed by atoms with van der Waals surface area (Å²) < 4.78 is 5.34. The third-order valence-corrected chi connectivity index (χ3v) is 3.12. The number of hydrogen-bond donors (Lipinski definition) is 0. The van der Waals surface area contributed by atoms with Gasteiger partial charge in [0.2, 0.25) is 0 Å². The van der Waals surface area contributed by atoms with Crippen molar-refractivity contribution in [2.45, 2.75) is 20.0 Å². The average molecular weight is 285 g/mol. The normalized spacial score (nSPS) is 11.7. The molecule has 21 heavy (non-hydrogen) atoms. The Labute approximate surface area is 122 Å². The number of aryl methyl sites for hydroxylation is 1. The maximum atomic E-state index is 12.0. The minimum Gasteiger partial charge on any atom is -0.454 e. The number of nitrogens with zero attached hydrogens (tertiary/aromatic N) is 1. The molecule has 0 amide bonds. The molecule has 2 aromatic carbocycles. The van der Waals surface area contributed by atoms with E-state index in [1.807, 2.05) is 19.1 Å². The van der Waals surface area contributed by atoms with Gasteiger partial charge >= 0.3 is 5.97 Å². The largest absolute Gasteiger partial charge is 0.454 e. The number of non-ortho nitro benzene ring substituents is 1. The third kappa shape index (κ3) is 3.66. The van der Waals surface area contributed by atoms with Gasteiger partial charge in [-0.3, -0.25) is 10.1 Å². The molecule has 2 rings (SSSR count). The minimum atomic E-state index is -0.557. The molecular weight excluding hydrogens is 270 g/mol. The summed E-state index contributed by atoms with van der Waals surface area (Å²) in [5.74, 6) is -0.450. The first-order valence-electron chi connectivity index (χ1n) is 6.49. The zero-order valence-electron chi connectivity index (χ0n) is 11.8. The van der Waals surface area contributed by atoms with E-state index < -0.39 is 17.0 Å². The topological polar surface area (TPSA) is 69.4 Å². The standard InChI is InChI=1S/C16H15NO4/c1-11-6-8-13(9-7-11)16(18)21-12(2)14-4-3-5-15(10-14)17(19)20/h3-10,12H,1-2H3. The smallest absolute Gasteiger partial charge is 0.338 e. The van der Waals surface area contributed by atoms with E-state index in [2.05, 4.69) is 0 Å². The van der Waals surface area contributed by atoms with Crippen molar-refractivity contribution in [1.29, 1.82) is 0 Å². The lowest BCUT2D eigenvalue weighted by atomic mass is 10.1. The fraction of sp³-hybridized carbons (Fsp3) is 0.188. The number of carbonyl (C=O) groups is 1. The fourth-order valence-corrected chi connectivity index (χ4v) is 1.88. The molecule has 0 aliphatic rings. The summed E-state index contributed by atoms with van der Waals surface area (Å²) in [5, 5.41) is 10.7. The Balaban J connectivity index is 2.12. The van der Waals surface area contributed by atoms with Crippen LogP contribution < -0.4 is 0 Å². The van der Waals surface area contributed by atoms with Gasteiger partial charge in [0, 0.05) is 12.1 Å². The zero-order valence-corrected chi connectivity index (χ0v) is 11.8. The molecule has 0 N–H and O–H groups in total. The predicted molar refractivity (Wildman–Crippen MR) is 78.1 cm³/mol. The number of carbonyl (C=O) groups excluding carboxylic acids is 1. The van der Waals surface area contributed by atoms with Crippen LogP contribution in [0.2, 0.25) is 0 Å².